The third-order valence-electron chi connectivity index (χ3n) is 4.30. The number of nitrogens with two attached hydrogens (primary N) is 1. The van der Waals surface area contributed by atoms with Crippen molar-refractivity contribution < 1.29 is 5.11 Å². The summed E-state index contributed by atoms with van der Waals surface area (Å²) in [6.45, 7) is 7.84. The number of nitrogen functional groups attached to an aromatic ring is 1. The number of hydrogen-bond acceptors (Lipinski definition) is 6. The Labute approximate surface area is 126 Å². The third kappa shape index (κ3) is 3.63. The van der Waals surface area contributed by atoms with Gasteiger partial charge in [0.05, 0.1) is 6.10 Å². The Morgan fingerprint density at radius 1 is 1.38 bits per heavy atom. The molecule has 0 amide bonds. The molecule has 0 saturated carbocycles. The highest BCUT2D eigenvalue weighted by atomic mass is 16.3. The highest BCUT2D eigenvalue weighted by Gasteiger charge is 2.25. The van der Waals surface area contributed by atoms with E-state index in [0.717, 1.165) is 56.0 Å². The number of aliphatic hydroxyl groups excluding tert-OH is 1. The van der Waals surface area contributed by atoms with Crippen molar-refractivity contribution in [1.82, 2.24) is 9.97 Å². The second kappa shape index (κ2) is 7.04. The minimum atomic E-state index is -0.226. The van der Waals surface area contributed by atoms with Gasteiger partial charge in [0.1, 0.15) is 17.5 Å². The molecule has 1 saturated heterocycles. The molecule has 1 aliphatic rings. The van der Waals surface area contributed by atoms with E-state index < -0.39 is 0 Å². The van der Waals surface area contributed by atoms with Crippen molar-refractivity contribution >= 4 is 11.6 Å². The van der Waals surface area contributed by atoms with Crippen LogP contribution in [0.25, 0.3) is 0 Å². The summed E-state index contributed by atoms with van der Waals surface area (Å²) in [4.78, 5) is 11.5. The molecular weight excluding hydrogens is 266 g/mol. The smallest absolute Gasteiger partial charge is 0.148 e. The van der Waals surface area contributed by atoms with Crippen molar-refractivity contribution in [3.63, 3.8) is 0 Å². The van der Waals surface area contributed by atoms with E-state index in [9.17, 15) is 5.11 Å². The van der Waals surface area contributed by atoms with Crippen molar-refractivity contribution in [2.45, 2.75) is 52.6 Å². The fourth-order valence-corrected chi connectivity index (χ4v) is 2.93. The van der Waals surface area contributed by atoms with E-state index >= 15 is 0 Å². The van der Waals surface area contributed by atoms with Gasteiger partial charge in [-0.05, 0) is 39.0 Å². The standard InChI is InChI=1S/C15H27N5O/c1-4-5-13-17-14(19-16)10(2)15(18-13)20-8-6-12(7-9-20)11(3)21/h11-12,21H,4-9,16H2,1-3H3,(H,17,18,19). The molecule has 1 unspecified atom stereocenters. The zero-order valence-corrected chi connectivity index (χ0v) is 13.3. The van der Waals surface area contributed by atoms with Crippen molar-refractivity contribution in [3.8, 4) is 0 Å². The monoisotopic (exact) mass is 293 g/mol. The molecule has 0 aliphatic carbocycles. The molecule has 1 aromatic rings. The Morgan fingerprint density at radius 3 is 2.57 bits per heavy atom. The summed E-state index contributed by atoms with van der Waals surface area (Å²) in [6, 6.07) is 0. The van der Waals surface area contributed by atoms with Crippen LogP contribution in [0.2, 0.25) is 0 Å². The van der Waals surface area contributed by atoms with E-state index in [1.807, 2.05) is 13.8 Å². The van der Waals surface area contributed by atoms with E-state index in [2.05, 4.69) is 22.2 Å². The van der Waals surface area contributed by atoms with Crippen LogP contribution in [-0.2, 0) is 6.42 Å². The third-order valence-corrected chi connectivity index (χ3v) is 4.30. The number of hydrazine groups is 1. The van der Waals surface area contributed by atoms with Crippen LogP contribution < -0.4 is 16.2 Å². The number of aliphatic hydroxyl groups is 1. The zero-order chi connectivity index (χ0) is 15.4. The minimum Gasteiger partial charge on any atom is -0.393 e. The van der Waals surface area contributed by atoms with Gasteiger partial charge in [-0.15, -0.1) is 0 Å². The van der Waals surface area contributed by atoms with Gasteiger partial charge in [-0.1, -0.05) is 6.92 Å². The van der Waals surface area contributed by atoms with Crippen molar-refractivity contribution in [2.24, 2.45) is 11.8 Å². The van der Waals surface area contributed by atoms with Gasteiger partial charge in [0.2, 0.25) is 0 Å². The maximum absolute atomic E-state index is 9.71. The molecule has 118 valence electrons. The van der Waals surface area contributed by atoms with Gasteiger partial charge in [0.25, 0.3) is 0 Å². The Balaban J connectivity index is 2.21. The number of nitrogens with one attached hydrogen (secondary N) is 1. The highest BCUT2D eigenvalue weighted by molar-refractivity contribution is 5.58. The lowest BCUT2D eigenvalue weighted by Crippen LogP contribution is -2.38. The minimum absolute atomic E-state index is 0.226. The van der Waals surface area contributed by atoms with E-state index in [1.54, 1.807) is 0 Å². The van der Waals surface area contributed by atoms with Crippen LogP contribution >= 0.6 is 0 Å². The van der Waals surface area contributed by atoms with Gasteiger partial charge in [0, 0.05) is 25.1 Å². The number of hydrogen-bond donors (Lipinski definition) is 3. The van der Waals surface area contributed by atoms with Crippen LogP contribution in [0, 0.1) is 12.8 Å². The molecule has 0 spiro atoms. The Hall–Kier alpha value is -1.40. The predicted octanol–water partition coefficient (Wildman–Crippen LogP) is 1.62. The summed E-state index contributed by atoms with van der Waals surface area (Å²) >= 11 is 0. The van der Waals surface area contributed by atoms with Crippen LogP contribution in [0.5, 0.6) is 0 Å². The van der Waals surface area contributed by atoms with Crippen LogP contribution in [0.3, 0.4) is 0 Å². The van der Waals surface area contributed by atoms with Gasteiger partial charge < -0.3 is 15.4 Å². The Bertz CT molecular complexity index is 469. The lowest BCUT2D eigenvalue weighted by atomic mass is 9.92. The average Bonchev–Trinajstić information content (AvgIpc) is 2.49. The van der Waals surface area contributed by atoms with E-state index in [-0.39, 0.29) is 6.10 Å². The summed E-state index contributed by atoms with van der Waals surface area (Å²) in [5.74, 6) is 8.50. The SMILES string of the molecule is CCCc1nc(NN)c(C)c(N2CCC(C(C)O)CC2)n1. The van der Waals surface area contributed by atoms with Crippen molar-refractivity contribution in [2.75, 3.05) is 23.4 Å². The fourth-order valence-electron chi connectivity index (χ4n) is 2.93. The lowest BCUT2D eigenvalue weighted by molar-refractivity contribution is 0.109. The second-order valence-electron chi connectivity index (χ2n) is 5.90. The normalized spacial score (nSPS) is 17.9. The maximum atomic E-state index is 9.71. The summed E-state index contributed by atoms with van der Waals surface area (Å²) in [7, 11) is 0. The van der Waals surface area contributed by atoms with Crippen LogP contribution in [-0.4, -0.2) is 34.3 Å². The molecule has 1 atom stereocenters. The summed E-state index contributed by atoms with van der Waals surface area (Å²) < 4.78 is 0. The molecule has 4 N–H and O–H groups in total. The first-order valence-corrected chi connectivity index (χ1v) is 7.84. The number of anilines is 2. The first-order valence-electron chi connectivity index (χ1n) is 7.84. The molecule has 1 fully saturated rings. The molecular formula is C15H27N5O. The van der Waals surface area contributed by atoms with Crippen LogP contribution in [0.15, 0.2) is 0 Å². The molecule has 1 aromatic heterocycles. The van der Waals surface area contributed by atoms with Crippen LogP contribution in [0.1, 0.15) is 44.5 Å². The molecule has 1 aliphatic heterocycles. The second-order valence-corrected chi connectivity index (χ2v) is 5.90. The summed E-state index contributed by atoms with van der Waals surface area (Å²) in [5, 5.41) is 9.71. The number of rotatable bonds is 5. The lowest BCUT2D eigenvalue weighted by Gasteiger charge is -2.35. The predicted molar refractivity (Wildman–Crippen MR) is 85.2 cm³/mol. The van der Waals surface area contributed by atoms with Gasteiger partial charge in [-0.3, -0.25) is 0 Å². The first-order chi connectivity index (χ1) is 10.1. The fraction of sp³-hybridized carbons (Fsp3) is 0.733. The van der Waals surface area contributed by atoms with Crippen molar-refractivity contribution in [3.05, 3.63) is 11.4 Å². The first kappa shape index (κ1) is 16.0. The van der Waals surface area contributed by atoms with E-state index in [1.165, 1.54) is 0 Å². The Morgan fingerprint density at radius 2 is 2.05 bits per heavy atom. The van der Waals surface area contributed by atoms with Gasteiger partial charge in [-0.2, -0.15) is 0 Å². The maximum Gasteiger partial charge on any atom is 0.148 e. The zero-order valence-electron chi connectivity index (χ0n) is 13.3. The molecule has 6 heteroatoms. The van der Waals surface area contributed by atoms with E-state index in [4.69, 9.17) is 10.8 Å². The number of aryl methyl sites for hydroxylation is 1. The molecule has 2 heterocycles. The largest absolute Gasteiger partial charge is 0.393 e. The van der Waals surface area contributed by atoms with Crippen molar-refractivity contribution in [1.29, 1.82) is 0 Å². The van der Waals surface area contributed by atoms with Gasteiger partial charge in [0.15, 0.2) is 0 Å². The van der Waals surface area contributed by atoms with Gasteiger partial charge in [-0.25, -0.2) is 15.8 Å². The Kier molecular flexibility index (Phi) is 5.36. The van der Waals surface area contributed by atoms with Gasteiger partial charge >= 0.3 is 0 Å². The highest BCUT2D eigenvalue weighted by Crippen LogP contribution is 2.28. The molecule has 0 bridgehead atoms. The molecule has 2 rings (SSSR count). The molecule has 21 heavy (non-hydrogen) atoms. The number of nitrogens with zero attached hydrogens (tertiary/aromatic N) is 3. The average molecular weight is 293 g/mol. The quantitative estimate of drug-likeness (QED) is 0.565. The summed E-state index contributed by atoms with van der Waals surface area (Å²) in [6.07, 6.45) is 3.63. The van der Waals surface area contributed by atoms with Crippen LogP contribution in [0.4, 0.5) is 11.6 Å². The molecule has 6 nitrogen and oxygen atoms in total. The summed E-state index contributed by atoms with van der Waals surface area (Å²) in [5.41, 5.74) is 3.68. The topological polar surface area (TPSA) is 87.3 Å². The molecule has 0 radical (unpaired) electrons. The number of aromatic nitrogens is 2. The number of piperidine rings is 1. The molecule has 0 aromatic carbocycles. The van der Waals surface area contributed by atoms with E-state index in [0.29, 0.717) is 11.7 Å².